The van der Waals surface area contributed by atoms with Gasteiger partial charge in [0.05, 0.1) is 11.4 Å². The van der Waals surface area contributed by atoms with Crippen molar-refractivity contribution in [3.63, 3.8) is 0 Å². The minimum atomic E-state index is -0.157. The maximum atomic E-state index is 2.50. The van der Waals surface area contributed by atoms with Crippen molar-refractivity contribution in [3.8, 4) is 22.3 Å². The summed E-state index contributed by atoms with van der Waals surface area (Å²) < 4.78 is 0. The molecule has 1 heterocycles. The topological polar surface area (TPSA) is 6.48 Å². The minimum absolute atomic E-state index is 0.0787. The van der Waals surface area contributed by atoms with Crippen molar-refractivity contribution < 1.29 is 0 Å². The van der Waals surface area contributed by atoms with Crippen LogP contribution in [0, 0.1) is 0 Å². The van der Waals surface area contributed by atoms with Gasteiger partial charge in [0.1, 0.15) is 0 Å². The van der Waals surface area contributed by atoms with Crippen molar-refractivity contribution in [3.05, 3.63) is 192 Å². The van der Waals surface area contributed by atoms with Crippen LogP contribution in [0.15, 0.2) is 170 Å². The Kier molecular flexibility index (Phi) is 6.86. The molecule has 0 atom stereocenters. The number of hydrogen-bond donors (Lipinski definition) is 0. The molecule has 9 rings (SSSR count). The molecule has 7 aromatic carbocycles. The molecular weight excluding hydrogens is 605 g/mol. The van der Waals surface area contributed by atoms with Gasteiger partial charge in [-0.25, -0.2) is 0 Å². The first kappa shape index (κ1) is 30.2. The molecule has 0 saturated carbocycles. The Morgan fingerprint density at radius 3 is 1.66 bits per heavy atom. The van der Waals surface area contributed by atoms with Gasteiger partial charge in [0, 0.05) is 33.6 Å². The van der Waals surface area contributed by atoms with Gasteiger partial charge in [0.15, 0.2) is 0 Å². The Balaban J connectivity index is 1.15. The van der Waals surface area contributed by atoms with E-state index in [1.54, 1.807) is 0 Å². The summed E-state index contributed by atoms with van der Waals surface area (Å²) in [5.74, 6) is 0. The van der Waals surface area contributed by atoms with Crippen LogP contribution < -0.4 is 9.80 Å². The summed E-state index contributed by atoms with van der Waals surface area (Å²) in [5, 5.41) is 0. The van der Waals surface area contributed by atoms with Crippen LogP contribution in [0.25, 0.3) is 22.3 Å². The predicted octanol–water partition coefficient (Wildman–Crippen LogP) is 13.2. The van der Waals surface area contributed by atoms with Crippen LogP contribution in [0.1, 0.15) is 49.9 Å². The average molecular weight is 645 g/mol. The van der Waals surface area contributed by atoms with E-state index in [0.717, 1.165) is 17.1 Å². The molecule has 1 aliphatic heterocycles. The van der Waals surface area contributed by atoms with Crippen LogP contribution in [0.4, 0.5) is 34.1 Å². The number of benzene rings is 7. The third-order valence-electron chi connectivity index (χ3n) is 11.0. The van der Waals surface area contributed by atoms with Gasteiger partial charge in [-0.1, -0.05) is 131 Å². The third kappa shape index (κ3) is 4.63. The lowest BCUT2D eigenvalue weighted by Gasteiger charge is -2.43. The highest BCUT2D eigenvalue weighted by atomic mass is 15.2. The van der Waals surface area contributed by atoms with Gasteiger partial charge >= 0.3 is 0 Å². The lowest BCUT2D eigenvalue weighted by Crippen LogP contribution is -2.31. The molecule has 0 unspecified atom stereocenters. The molecule has 0 bridgehead atoms. The first-order valence-corrected chi connectivity index (χ1v) is 17.6. The van der Waals surface area contributed by atoms with Gasteiger partial charge in [0.2, 0.25) is 0 Å². The van der Waals surface area contributed by atoms with Gasteiger partial charge in [0.25, 0.3) is 0 Å². The molecule has 0 amide bonds. The molecule has 0 aromatic heterocycles. The van der Waals surface area contributed by atoms with Crippen molar-refractivity contribution in [2.24, 2.45) is 0 Å². The standard InChI is InChI=1S/C48H40N2/c1-47(2)41-23-12-11-22-39(41)40-31-44-46(32-43(40)47)50(45-25-14-13-24-42(45)48(44,3)4)38-21-15-16-34(30-38)33-26-28-37(29-27-33)49(35-17-7-5-8-18-35)36-19-9-6-10-20-36/h5-32H,1-4H3. The van der Waals surface area contributed by atoms with Gasteiger partial charge < -0.3 is 9.80 Å². The number of anilines is 6. The highest BCUT2D eigenvalue weighted by molar-refractivity contribution is 5.92. The van der Waals surface area contributed by atoms with E-state index in [4.69, 9.17) is 0 Å². The molecule has 0 spiro atoms. The van der Waals surface area contributed by atoms with Gasteiger partial charge in [-0.2, -0.15) is 0 Å². The van der Waals surface area contributed by atoms with Crippen LogP contribution >= 0.6 is 0 Å². The zero-order chi connectivity index (χ0) is 34.0. The van der Waals surface area contributed by atoms with E-state index in [0.29, 0.717) is 0 Å². The van der Waals surface area contributed by atoms with Crippen LogP contribution in [-0.4, -0.2) is 0 Å². The van der Waals surface area contributed by atoms with Crippen LogP contribution in [0.5, 0.6) is 0 Å². The summed E-state index contributed by atoms with van der Waals surface area (Å²) in [6, 6.07) is 62.1. The molecule has 2 aliphatic rings. The lowest BCUT2D eigenvalue weighted by atomic mass is 9.71. The normalized spacial score (nSPS) is 14.7. The van der Waals surface area contributed by atoms with Gasteiger partial charge in [-0.3, -0.25) is 0 Å². The monoisotopic (exact) mass is 644 g/mol. The molecule has 7 aromatic rings. The molecule has 1 aliphatic carbocycles. The Hall–Kier alpha value is -5.86. The number of rotatable bonds is 5. The largest absolute Gasteiger partial charge is 0.311 e. The van der Waals surface area contributed by atoms with Crippen molar-refractivity contribution in [1.29, 1.82) is 0 Å². The number of nitrogens with zero attached hydrogens (tertiary/aromatic N) is 2. The highest BCUT2D eigenvalue weighted by Crippen LogP contribution is 2.57. The Morgan fingerprint density at radius 1 is 0.380 bits per heavy atom. The quantitative estimate of drug-likeness (QED) is 0.184. The summed E-state index contributed by atoms with van der Waals surface area (Å²) in [6.45, 7) is 9.51. The highest BCUT2D eigenvalue weighted by Gasteiger charge is 2.42. The summed E-state index contributed by atoms with van der Waals surface area (Å²) in [6.07, 6.45) is 0. The Morgan fingerprint density at radius 2 is 0.960 bits per heavy atom. The van der Waals surface area contributed by atoms with Crippen LogP contribution in [0.2, 0.25) is 0 Å². The number of para-hydroxylation sites is 3. The second-order valence-corrected chi connectivity index (χ2v) is 14.7. The fourth-order valence-electron chi connectivity index (χ4n) is 8.40. The summed E-state index contributed by atoms with van der Waals surface area (Å²) in [4.78, 5) is 4.81. The first-order chi connectivity index (χ1) is 24.3. The van der Waals surface area contributed by atoms with E-state index in [1.807, 2.05) is 0 Å². The molecule has 50 heavy (non-hydrogen) atoms. The van der Waals surface area contributed by atoms with Gasteiger partial charge in [-0.05, 0) is 111 Å². The Labute approximate surface area is 295 Å². The summed E-state index contributed by atoms with van der Waals surface area (Å²) >= 11 is 0. The fraction of sp³-hybridized carbons (Fsp3) is 0.125. The number of hydrogen-bond acceptors (Lipinski definition) is 2. The molecule has 2 nitrogen and oxygen atoms in total. The van der Waals surface area contributed by atoms with E-state index in [1.165, 1.54) is 61.6 Å². The summed E-state index contributed by atoms with van der Waals surface area (Å²) in [5.41, 5.74) is 17.4. The number of fused-ring (bicyclic) bond motifs is 5. The van der Waals surface area contributed by atoms with Crippen molar-refractivity contribution >= 4 is 34.1 Å². The first-order valence-electron chi connectivity index (χ1n) is 17.6. The van der Waals surface area contributed by atoms with E-state index >= 15 is 0 Å². The molecule has 0 radical (unpaired) electrons. The second kappa shape index (κ2) is 11.4. The van der Waals surface area contributed by atoms with E-state index in [2.05, 4.69) is 207 Å². The maximum absolute atomic E-state index is 2.50. The predicted molar refractivity (Wildman–Crippen MR) is 211 cm³/mol. The molecule has 0 fully saturated rings. The summed E-state index contributed by atoms with van der Waals surface area (Å²) in [7, 11) is 0. The fourth-order valence-corrected chi connectivity index (χ4v) is 8.40. The smallest absolute Gasteiger partial charge is 0.0506 e. The van der Waals surface area contributed by atoms with Gasteiger partial charge in [-0.15, -0.1) is 0 Å². The molecule has 2 heteroatoms. The van der Waals surface area contributed by atoms with E-state index in [9.17, 15) is 0 Å². The van der Waals surface area contributed by atoms with Crippen molar-refractivity contribution in [1.82, 2.24) is 0 Å². The SMILES string of the molecule is CC1(C)c2ccccc2-c2cc3c(cc21)N(c1cccc(-c2ccc(N(c4ccccc4)c4ccccc4)cc2)c1)c1ccccc1C3(C)C. The van der Waals surface area contributed by atoms with Crippen LogP contribution in [0.3, 0.4) is 0 Å². The second-order valence-electron chi connectivity index (χ2n) is 14.7. The van der Waals surface area contributed by atoms with E-state index in [-0.39, 0.29) is 10.8 Å². The molecule has 242 valence electrons. The average Bonchev–Trinajstić information content (AvgIpc) is 3.38. The van der Waals surface area contributed by atoms with E-state index < -0.39 is 0 Å². The third-order valence-corrected chi connectivity index (χ3v) is 11.0. The zero-order valence-corrected chi connectivity index (χ0v) is 29.1. The van der Waals surface area contributed by atoms with Crippen LogP contribution in [-0.2, 0) is 10.8 Å². The zero-order valence-electron chi connectivity index (χ0n) is 29.1. The molecule has 0 saturated heterocycles. The minimum Gasteiger partial charge on any atom is -0.311 e. The molecular formula is C48H40N2. The van der Waals surface area contributed by atoms with Crippen molar-refractivity contribution in [2.45, 2.75) is 38.5 Å². The molecule has 0 N–H and O–H groups in total. The van der Waals surface area contributed by atoms with Crippen molar-refractivity contribution in [2.75, 3.05) is 9.80 Å². The lowest BCUT2D eigenvalue weighted by molar-refractivity contribution is 0.627. The Bertz CT molecular complexity index is 2330. The maximum Gasteiger partial charge on any atom is 0.0506 e.